The molecule has 0 rings (SSSR count). The van der Waals surface area contributed by atoms with E-state index in [0.717, 1.165) is 0 Å². The predicted octanol–water partition coefficient (Wildman–Crippen LogP) is -3.91. The number of hydrogen-bond donors (Lipinski definition) is 8. The lowest BCUT2D eigenvalue weighted by molar-refractivity contribution is -0.141. The van der Waals surface area contributed by atoms with Gasteiger partial charge in [0.2, 0.25) is 23.6 Å². The number of primary amides is 1. The van der Waals surface area contributed by atoms with Gasteiger partial charge in [-0.15, -0.1) is 0 Å². The molecule has 31 heavy (non-hydrogen) atoms. The molecule has 4 amide bonds. The Bertz CT molecular complexity index is 726. The Balaban J connectivity index is 5.31. The zero-order valence-corrected chi connectivity index (χ0v) is 16.3. The maximum Gasteiger partial charge on any atom is 0.322 e. The van der Waals surface area contributed by atoms with E-state index >= 15 is 0 Å². The van der Waals surface area contributed by atoms with E-state index in [0.29, 0.717) is 0 Å². The van der Waals surface area contributed by atoms with Crippen LogP contribution < -0.4 is 27.4 Å². The number of carboxylic acids is 3. The molecular weight excluding hydrogens is 422 g/mol. The summed E-state index contributed by atoms with van der Waals surface area (Å²) in [5, 5.41) is 32.4. The van der Waals surface area contributed by atoms with Gasteiger partial charge in [0.05, 0.1) is 12.5 Å². The summed E-state index contributed by atoms with van der Waals surface area (Å²) in [6, 6.07) is -4.45. The average molecular weight is 447 g/mol. The number of carboxylic acid groups (broad SMARTS) is 3. The van der Waals surface area contributed by atoms with Crippen molar-refractivity contribution in [2.75, 3.05) is 6.54 Å². The van der Waals surface area contributed by atoms with E-state index in [4.69, 9.17) is 26.8 Å². The molecule has 0 aliphatic carbocycles. The molecule has 0 fully saturated rings. The van der Waals surface area contributed by atoms with Gasteiger partial charge >= 0.3 is 17.9 Å². The Morgan fingerprint density at radius 3 is 1.77 bits per heavy atom. The first-order chi connectivity index (χ1) is 14.3. The smallest absolute Gasteiger partial charge is 0.322 e. The predicted molar refractivity (Wildman–Crippen MR) is 100 cm³/mol. The third-order valence-electron chi connectivity index (χ3n) is 3.74. The normalized spacial score (nSPS) is 13.2. The molecule has 0 saturated heterocycles. The highest BCUT2D eigenvalue weighted by Gasteiger charge is 2.30. The number of carbonyl (C=O) groups excluding carboxylic acids is 4. The van der Waals surface area contributed by atoms with Crippen molar-refractivity contribution in [3.05, 3.63) is 0 Å². The van der Waals surface area contributed by atoms with Crippen LogP contribution in [0, 0.1) is 0 Å². The molecule has 0 aliphatic heterocycles. The molecule has 3 atom stereocenters. The molecule has 0 saturated carbocycles. The Labute approximate surface area is 175 Å². The van der Waals surface area contributed by atoms with Crippen molar-refractivity contribution < 1.29 is 48.9 Å². The van der Waals surface area contributed by atoms with Crippen molar-refractivity contribution >= 4 is 41.5 Å². The average Bonchev–Trinajstić information content (AvgIpc) is 2.65. The lowest BCUT2D eigenvalue weighted by Gasteiger charge is -2.23. The van der Waals surface area contributed by atoms with Crippen molar-refractivity contribution in [1.29, 1.82) is 0 Å². The standard InChI is InChI=1S/C16H25N5O10/c17-7(1-3-10(18)22)14(29)20-8(2-4-11(23)24)16(31)21-9(5-12(25)26)15(30)19-6-13(27)28/h7-9H,1-6,17H2,(H2,18,22)(H,19,30)(H,20,29)(H,21,31)(H,23,24)(H,25,26)(H,27,28). The highest BCUT2D eigenvalue weighted by Crippen LogP contribution is 2.03. The summed E-state index contributed by atoms with van der Waals surface area (Å²) in [5.41, 5.74) is 10.5. The van der Waals surface area contributed by atoms with Crippen molar-refractivity contribution in [3.63, 3.8) is 0 Å². The van der Waals surface area contributed by atoms with Gasteiger partial charge in [-0.3, -0.25) is 33.6 Å². The quantitative estimate of drug-likeness (QED) is 0.120. The zero-order chi connectivity index (χ0) is 24.1. The van der Waals surface area contributed by atoms with Crippen LogP contribution in [0.5, 0.6) is 0 Å². The first-order valence-corrected chi connectivity index (χ1v) is 8.91. The van der Waals surface area contributed by atoms with E-state index in [1.54, 1.807) is 0 Å². The SMILES string of the molecule is NC(=O)CCC(N)C(=O)NC(CCC(=O)O)C(=O)NC(CC(=O)O)C(=O)NCC(=O)O. The topological polar surface area (TPSA) is 268 Å². The fourth-order valence-corrected chi connectivity index (χ4v) is 2.19. The van der Waals surface area contributed by atoms with E-state index in [1.807, 2.05) is 10.6 Å². The molecular formula is C16H25N5O10. The number of aliphatic carboxylic acids is 3. The van der Waals surface area contributed by atoms with Crippen LogP contribution >= 0.6 is 0 Å². The van der Waals surface area contributed by atoms with Crippen molar-refractivity contribution in [3.8, 4) is 0 Å². The van der Waals surface area contributed by atoms with Crippen LogP contribution in [0.15, 0.2) is 0 Å². The molecule has 15 heteroatoms. The van der Waals surface area contributed by atoms with Crippen LogP contribution in [0.4, 0.5) is 0 Å². The summed E-state index contributed by atoms with van der Waals surface area (Å²) >= 11 is 0. The van der Waals surface area contributed by atoms with Crippen LogP contribution in [-0.2, 0) is 33.6 Å². The van der Waals surface area contributed by atoms with Gasteiger partial charge in [0, 0.05) is 12.8 Å². The molecule has 15 nitrogen and oxygen atoms in total. The van der Waals surface area contributed by atoms with Crippen molar-refractivity contribution in [2.45, 2.75) is 50.2 Å². The molecule has 0 aromatic heterocycles. The number of rotatable bonds is 15. The molecule has 0 radical (unpaired) electrons. The lowest BCUT2D eigenvalue weighted by Crippen LogP contribution is -2.56. The first kappa shape index (κ1) is 27.2. The minimum Gasteiger partial charge on any atom is -0.481 e. The van der Waals surface area contributed by atoms with Gasteiger partial charge in [-0.1, -0.05) is 0 Å². The Morgan fingerprint density at radius 1 is 0.710 bits per heavy atom. The molecule has 3 unspecified atom stereocenters. The van der Waals surface area contributed by atoms with Gasteiger partial charge in [0.1, 0.15) is 18.6 Å². The van der Waals surface area contributed by atoms with Crippen LogP contribution in [0.3, 0.4) is 0 Å². The molecule has 0 aromatic rings. The third-order valence-corrected chi connectivity index (χ3v) is 3.74. The fraction of sp³-hybridized carbons (Fsp3) is 0.562. The number of nitrogens with one attached hydrogen (secondary N) is 3. The number of nitrogens with two attached hydrogens (primary N) is 2. The highest BCUT2D eigenvalue weighted by molar-refractivity contribution is 5.95. The number of hydrogen-bond acceptors (Lipinski definition) is 8. The van der Waals surface area contributed by atoms with Crippen LogP contribution in [0.25, 0.3) is 0 Å². The summed E-state index contributed by atoms with van der Waals surface area (Å²) in [5.74, 6) is -8.02. The summed E-state index contributed by atoms with van der Waals surface area (Å²) in [4.78, 5) is 79.7. The van der Waals surface area contributed by atoms with E-state index in [9.17, 15) is 33.6 Å². The number of carbonyl (C=O) groups is 7. The van der Waals surface area contributed by atoms with Crippen molar-refractivity contribution in [2.24, 2.45) is 11.5 Å². The largest absolute Gasteiger partial charge is 0.481 e. The molecule has 0 bridgehead atoms. The zero-order valence-electron chi connectivity index (χ0n) is 16.3. The van der Waals surface area contributed by atoms with Gasteiger partial charge in [0.25, 0.3) is 0 Å². The van der Waals surface area contributed by atoms with Gasteiger partial charge in [-0.05, 0) is 12.8 Å². The first-order valence-electron chi connectivity index (χ1n) is 8.91. The Kier molecular flexibility index (Phi) is 11.8. The van der Waals surface area contributed by atoms with Gasteiger partial charge in [0.15, 0.2) is 0 Å². The second kappa shape index (κ2) is 13.5. The van der Waals surface area contributed by atoms with Crippen molar-refractivity contribution in [1.82, 2.24) is 16.0 Å². The molecule has 0 spiro atoms. The Morgan fingerprint density at radius 2 is 1.29 bits per heavy atom. The second-order valence-electron chi connectivity index (χ2n) is 6.38. The minimum absolute atomic E-state index is 0.145. The van der Waals surface area contributed by atoms with Crippen LogP contribution in [0.1, 0.15) is 32.1 Å². The van der Waals surface area contributed by atoms with Crippen LogP contribution in [0.2, 0.25) is 0 Å². The second-order valence-corrected chi connectivity index (χ2v) is 6.38. The van der Waals surface area contributed by atoms with E-state index in [-0.39, 0.29) is 12.8 Å². The lowest BCUT2D eigenvalue weighted by atomic mass is 10.1. The third kappa shape index (κ3) is 12.4. The summed E-state index contributed by atoms with van der Waals surface area (Å²) in [6.07, 6.45) is -2.26. The summed E-state index contributed by atoms with van der Waals surface area (Å²) < 4.78 is 0. The maximum absolute atomic E-state index is 12.5. The molecule has 0 aliphatic rings. The molecule has 0 heterocycles. The fourth-order valence-electron chi connectivity index (χ4n) is 2.19. The molecule has 10 N–H and O–H groups in total. The molecule has 174 valence electrons. The van der Waals surface area contributed by atoms with Gasteiger partial charge in [-0.25, -0.2) is 0 Å². The molecule has 0 aromatic carbocycles. The van der Waals surface area contributed by atoms with Gasteiger partial charge < -0.3 is 42.7 Å². The van der Waals surface area contributed by atoms with E-state index in [1.165, 1.54) is 0 Å². The Hall–Kier alpha value is -3.75. The number of amides is 4. The van der Waals surface area contributed by atoms with E-state index in [2.05, 4.69) is 5.32 Å². The monoisotopic (exact) mass is 447 g/mol. The highest BCUT2D eigenvalue weighted by atomic mass is 16.4. The van der Waals surface area contributed by atoms with Gasteiger partial charge in [-0.2, -0.15) is 0 Å². The summed E-state index contributed by atoms with van der Waals surface area (Å²) in [7, 11) is 0. The minimum atomic E-state index is -1.70. The summed E-state index contributed by atoms with van der Waals surface area (Å²) in [6.45, 7) is -0.835. The van der Waals surface area contributed by atoms with E-state index < -0.39 is 85.5 Å². The maximum atomic E-state index is 12.5. The van der Waals surface area contributed by atoms with Crippen LogP contribution in [-0.4, -0.2) is 81.5 Å².